The third-order valence-corrected chi connectivity index (χ3v) is 14.6. The van der Waals surface area contributed by atoms with Gasteiger partial charge in [0.1, 0.15) is 6.54 Å². The van der Waals surface area contributed by atoms with Crippen LogP contribution >= 0.6 is 0 Å². The molecular formula is C38H49N2O21S5+. The molecule has 2 aliphatic rings. The molecule has 0 unspecified atom stereocenters. The second-order valence-corrected chi connectivity index (χ2v) is 24.0. The predicted molar refractivity (Wildman–Crippen MR) is 235 cm³/mol. The summed E-state index contributed by atoms with van der Waals surface area (Å²) in [6, 6.07) is 4.18. The Labute approximate surface area is 381 Å². The molecule has 0 aromatic heterocycles. The fourth-order valence-electron chi connectivity index (χ4n) is 7.85. The number of esters is 2. The summed E-state index contributed by atoms with van der Waals surface area (Å²) in [6.07, 6.45) is 3.30. The number of hydrogen-bond acceptors (Lipinski definition) is 16. The van der Waals surface area contributed by atoms with Gasteiger partial charge in [0.15, 0.2) is 5.71 Å². The van der Waals surface area contributed by atoms with Crippen molar-refractivity contribution in [3.8, 4) is 0 Å². The summed E-state index contributed by atoms with van der Waals surface area (Å²) in [4.78, 5) is 40.4. The van der Waals surface area contributed by atoms with E-state index in [0.29, 0.717) is 5.71 Å². The van der Waals surface area contributed by atoms with E-state index in [9.17, 15) is 75.2 Å². The average molecular weight is 1030 g/mol. The average Bonchev–Trinajstić information content (AvgIpc) is 3.50. The van der Waals surface area contributed by atoms with E-state index < -0.39 is 126 Å². The van der Waals surface area contributed by atoms with Crippen LogP contribution in [0.25, 0.3) is 0 Å². The maximum Gasteiger partial charge on any atom is 0.338 e. The summed E-state index contributed by atoms with van der Waals surface area (Å²) in [5.74, 6) is -6.73. The zero-order valence-corrected chi connectivity index (χ0v) is 39.9. The van der Waals surface area contributed by atoms with E-state index in [4.69, 9.17) is 18.6 Å². The van der Waals surface area contributed by atoms with Crippen molar-refractivity contribution in [1.29, 1.82) is 0 Å². The van der Waals surface area contributed by atoms with Gasteiger partial charge in [-0.25, -0.2) is 14.4 Å². The van der Waals surface area contributed by atoms with Crippen LogP contribution in [0.5, 0.6) is 0 Å². The van der Waals surface area contributed by atoms with Gasteiger partial charge < -0.3 is 19.5 Å². The van der Waals surface area contributed by atoms with Crippen LogP contribution in [0.1, 0.15) is 95.6 Å². The van der Waals surface area contributed by atoms with Gasteiger partial charge in [0.2, 0.25) is 5.69 Å². The second kappa shape index (κ2) is 19.9. The minimum atomic E-state index is -4.98. The quantitative estimate of drug-likeness (QED) is 0.0427. The molecule has 6 N–H and O–H groups in total. The highest BCUT2D eigenvalue weighted by Crippen LogP contribution is 2.51. The maximum absolute atomic E-state index is 13.8. The zero-order chi connectivity index (χ0) is 50.0. The highest BCUT2D eigenvalue weighted by molar-refractivity contribution is 7.86. The van der Waals surface area contributed by atoms with Crippen molar-refractivity contribution in [3.63, 3.8) is 0 Å². The van der Waals surface area contributed by atoms with Gasteiger partial charge in [-0.2, -0.15) is 46.7 Å². The number of carbonyl (C=O) groups is 3. The van der Waals surface area contributed by atoms with Crippen molar-refractivity contribution in [3.05, 3.63) is 76.0 Å². The largest absolute Gasteiger partial charge is 0.478 e. The number of allylic oxidation sites excluding steroid dienone is 4. The molecule has 0 spiro atoms. The van der Waals surface area contributed by atoms with Crippen LogP contribution < -0.4 is 4.90 Å². The first-order valence-electron chi connectivity index (χ1n) is 19.6. The number of ether oxygens (including phenoxy) is 2. The Balaban J connectivity index is 1.95. The minimum absolute atomic E-state index is 0.0206. The van der Waals surface area contributed by atoms with E-state index in [1.807, 2.05) is 0 Å². The Morgan fingerprint density at radius 3 is 1.68 bits per heavy atom. The molecule has 2 aliphatic heterocycles. The molecule has 0 amide bonds. The number of anilines is 1. The number of nitrogens with zero attached hydrogens (tertiary/aromatic N) is 2. The first kappa shape index (κ1) is 54.0. The molecule has 66 heavy (non-hydrogen) atoms. The van der Waals surface area contributed by atoms with Gasteiger partial charge in [-0.05, 0) is 57.4 Å². The SMILES string of the molecule is CC1(C)C(/C=C/C=C2/N(CCCS(=O)(=O)O)c3cc(S(=O)(=O)O)cc(C(=O)O)c3C2(C)C)=[N+](CCCS(=O)(=O)O)c2cc(C(=O)OCCCS(=O)(=O)O)cc(C(=O)OCCCS(=O)(=O)O)c21. The van der Waals surface area contributed by atoms with Crippen molar-refractivity contribution < 1.29 is 98.4 Å². The molecule has 2 heterocycles. The lowest BCUT2D eigenvalue weighted by molar-refractivity contribution is -0.437. The number of carboxylic acid groups (broad SMARTS) is 1. The number of benzene rings is 2. The fraction of sp³-hybridized carbons (Fsp3) is 0.474. The van der Waals surface area contributed by atoms with E-state index in [2.05, 4.69) is 0 Å². The summed E-state index contributed by atoms with van der Waals surface area (Å²) in [6.45, 7) is 5.00. The van der Waals surface area contributed by atoms with Crippen LogP contribution in [0, 0.1) is 0 Å². The van der Waals surface area contributed by atoms with E-state index in [1.54, 1.807) is 27.7 Å². The van der Waals surface area contributed by atoms with Crippen molar-refractivity contribution in [2.45, 2.75) is 69.1 Å². The number of aromatic carboxylic acids is 1. The monoisotopic (exact) mass is 1030 g/mol. The van der Waals surface area contributed by atoms with Crippen LogP contribution in [0.3, 0.4) is 0 Å². The Hall–Kier alpha value is -4.65. The lowest BCUT2D eigenvalue weighted by Crippen LogP contribution is -2.30. The molecule has 0 saturated heterocycles. The molecule has 2 aromatic carbocycles. The number of carboxylic acids is 1. The van der Waals surface area contributed by atoms with Crippen molar-refractivity contribution >= 4 is 85.6 Å². The fourth-order valence-corrected chi connectivity index (χ4v) is 10.3. The van der Waals surface area contributed by atoms with E-state index in [0.717, 1.165) is 18.2 Å². The third-order valence-electron chi connectivity index (χ3n) is 10.5. The van der Waals surface area contributed by atoms with Crippen LogP contribution in [0.15, 0.2) is 53.1 Å². The lowest BCUT2D eigenvalue weighted by atomic mass is 9.78. The number of rotatable bonds is 22. The Kier molecular flexibility index (Phi) is 16.3. The van der Waals surface area contributed by atoms with Gasteiger partial charge >= 0.3 is 17.9 Å². The van der Waals surface area contributed by atoms with E-state index in [-0.39, 0.29) is 78.1 Å². The highest BCUT2D eigenvalue weighted by atomic mass is 32.2. The minimum Gasteiger partial charge on any atom is -0.478 e. The molecule has 0 aliphatic carbocycles. The molecule has 4 rings (SSSR count). The normalized spacial score (nSPS) is 16.7. The number of fused-ring (bicyclic) bond motifs is 2. The predicted octanol–water partition coefficient (Wildman–Crippen LogP) is 2.67. The highest BCUT2D eigenvalue weighted by Gasteiger charge is 2.49. The van der Waals surface area contributed by atoms with Gasteiger partial charge in [0.05, 0.1) is 68.8 Å². The Morgan fingerprint density at radius 2 is 1.17 bits per heavy atom. The van der Waals surface area contributed by atoms with Crippen molar-refractivity contribution in [2.24, 2.45) is 0 Å². The van der Waals surface area contributed by atoms with Crippen LogP contribution in [-0.2, 0) is 70.9 Å². The molecular weight excluding hydrogens is 981 g/mol. The van der Waals surface area contributed by atoms with Crippen LogP contribution in [0.2, 0.25) is 0 Å². The summed E-state index contributed by atoms with van der Waals surface area (Å²) in [5, 5.41) is 10.2. The number of hydrogen-bond donors (Lipinski definition) is 6. The second-order valence-electron chi connectivity index (χ2n) is 16.2. The first-order valence-corrected chi connectivity index (χ1v) is 27.5. The van der Waals surface area contributed by atoms with Crippen LogP contribution in [0.4, 0.5) is 11.4 Å². The summed E-state index contributed by atoms with van der Waals surface area (Å²) < 4.78 is 176. The zero-order valence-electron chi connectivity index (χ0n) is 35.8. The molecule has 23 nitrogen and oxygen atoms in total. The van der Waals surface area contributed by atoms with Gasteiger partial charge in [-0.15, -0.1) is 0 Å². The molecule has 0 atom stereocenters. The molecule has 0 saturated carbocycles. The van der Waals surface area contributed by atoms with Crippen molar-refractivity contribution in [2.75, 3.05) is 54.2 Å². The summed E-state index contributed by atoms with van der Waals surface area (Å²) in [7, 11) is -22.9. The Morgan fingerprint density at radius 1 is 0.652 bits per heavy atom. The number of carbonyl (C=O) groups excluding carboxylic acids is 2. The van der Waals surface area contributed by atoms with E-state index in [1.165, 1.54) is 33.8 Å². The van der Waals surface area contributed by atoms with Crippen LogP contribution in [-0.4, -0.2) is 147 Å². The summed E-state index contributed by atoms with van der Waals surface area (Å²) >= 11 is 0. The topological polar surface area (TPSA) is 368 Å². The summed E-state index contributed by atoms with van der Waals surface area (Å²) in [5.41, 5.74) is -2.71. The molecule has 0 bridgehead atoms. The van der Waals surface area contributed by atoms with Gasteiger partial charge in [0, 0.05) is 47.5 Å². The Bertz CT molecular complexity index is 2970. The smallest absolute Gasteiger partial charge is 0.338 e. The first-order chi connectivity index (χ1) is 30.0. The molecule has 0 fully saturated rings. The lowest BCUT2D eigenvalue weighted by Gasteiger charge is -2.27. The molecule has 2 aromatic rings. The molecule has 28 heteroatoms. The van der Waals surface area contributed by atoms with Crippen molar-refractivity contribution in [1.82, 2.24) is 0 Å². The molecule has 0 radical (unpaired) electrons. The van der Waals surface area contributed by atoms with E-state index >= 15 is 0 Å². The van der Waals surface area contributed by atoms with Gasteiger partial charge in [0.25, 0.3) is 50.6 Å². The molecule has 366 valence electrons. The van der Waals surface area contributed by atoms with Gasteiger partial charge in [-0.1, -0.05) is 19.9 Å². The van der Waals surface area contributed by atoms with Gasteiger partial charge in [-0.3, -0.25) is 22.8 Å². The maximum atomic E-state index is 13.8. The third kappa shape index (κ3) is 13.7. The standard InChI is InChI=1S/C38H48N2O21S5/c1-37(2)30(40(13-7-17-63(48,49)50)29-23-25(66(57,58)59)22-26(32(29)37)34(41)42)10-5-11-31-38(3,4)33-27(36(44)61-15-9-19-65(54,55)56)20-24(35(43)60-14-8-18-64(51,52)53)21-28(33)39(31)12-6-16-62(45,46)47/h5,10-11,20-23H,6-9,12-19H2,1-4H3,(H5-,41,42,45,46,47,48,49,50,51,52,53,54,55,56,57,58,59)/p+1.